The molecule has 4 heterocycles. The number of thiazole rings is 1. The molecule has 7 nitrogen and oxygen atoms in total. The van der Waals surface area contributed by atoms with Gasteiger partial charge in [0.15, 0.2) is 0 Å². The molecule has 0 amide bonds. The number of ether oxygens (including phenoxy) is 2. The van der Waals surface area contributed by atoms with Crippen LogP contribution < -0.4 is 15.0 Å². The molecule has 12 heteroatoms. The lowest BCUT2D eigenvalue weighted by molar-refractivity contribution is -0.138. The van der Waals surface area contributed by atoms with E-state index < -0.39 is 17.3 Å². The lowest BCUT2D eigenvalue weighted by Gasteiger charge is -2.16. The first-order chi connectivity index (χ1) is 18.7. The summed E-state index contributed by atoms with van der Waals surface area (Å²) in [6, 6.07) is 10.9. The normalized spacial score (nSPS) is 11.6. The highest BCUT2D eigenvalue weighted by molar-refractivity contribution is 7.14. The van der Waals surface area contributed by atoms with Crippen LogP contribution in [0.4, 0.5) is 13.2 Å². The molecule has 0 aliphatic heterocycles. The van der Waals surface area contributed by atoms with Crippen LogP contribution in [0, 0.1) is 6.92 Å². The molecule has 0 aliphatic rings. The van der Waals surface area contributed by atoms with Gasteiger partial charge in [-0.3, -0.25) is 14.8 Å². The zero-order chi connectivity index (χ0) is 27.7. The zero-order valence-corrected chi connectivity index (χ0v) is 22.2. The third-order valence-corrected chi connectivity index (χ3v) is 7.10. The molecule has 4 aromatic heterocycles. The average molecular weight is 573 g/mol. The van der Waals surface area contributed by atoms with Gasteiger partial charge in [-0.2, -0.15) is 13.2 Å². The Kier molecular flexibility index (Phi) is 7.28. The molecule has 5 aromatic rings. The largest absolute Gasteiger partial charge is 0.496 e. The Morgan fingerprint density at radius 3 is 2.67 bits per heavy atom. The molecular weight excluding hydrogens is 553 g/mol. The molecule has 0 unspecified atom stereocenters. The summed E-state index contributed by atoms with van der Waals surface area (Å²) in [4.78, 5) is 25.8. The summed E-state index contributed by atoms with van der Waals surface area (Å²) in [5, 5.41) is 0.791. The molecule has 0 spiro atoms. The molecule has 200 valence electrons. The predicted octanol–water partition coefficient (Wildman–Crippen LogP) is 6.53. The number of hydrogen-bond donors (Lipinski definition) is 0. The maximum Gasteiger partial charge on any atom is 0.421 e. The summed E-state index contributed by atoms with van der Waals surface area (Å²) in [5.41, 5.74) is 3.11. The number of methoxy groups -OCH3 is 1. The standard InChI is InChI=1S/C27H20ClF3N4O3S/c1-15-10-18(24-25(28)39-14-33-24)17-11-16(5-6-21(17)34-15)38-13-19-22(32-8-7-23(19)37-2)12-35-9-3-4-20(26(35)36)27(29,30)31/h3-11,14H,12-13H2,1-2H3. The van der Waals surface area contributed by atoms with Crippen molar-refractivity contribution in [2.24, 2.45) is 0 Å². The third kappa shape index (κ3) is 5.45. The Morgan fingerprint density at radius 1 is 1.13 bits per heavy atom. The highest BCUT2D eigenvalue weighted by atomic mass is 35.5. The van der Waals surface area contributed by atoms with Crippen molar-refractivity contribution < 1.29 is 22.6 Å². The van der Waals surface area contributed by atoms with Gasteiger partial charge in [-0.05, 0) is 49.4 Å². The third-order valence-electron chi connectivity index (χ3n) is 6.04. The van der Waals surface area contributed by atoms with Crippen molar-refractivity contribution in [3.05, 3.63) is 97.6 Å². The second kappa shape index (κ2) is 10.7. The van der Waals surface area contributed by atoms with E-state index in [0.717, 1.165) is 32.8 Å². The molecule has 0 bridgehead atoms. The van der Waals surface area contributed by atoms with E-state index in [0.29, 0.717) is 32.8 Å². The molecule has 0 saturated heterocycles. The summed E-state index contributed by atoms with van der Waals surface area (Å²) in [6.45, 7) is 1.67. The van der Waals surface area contributed by atoms with Crippen LogP contribution in [-0.4, -0.2) is 26.6 Å². The van der Waals surface area contributed by atoms with Crippen molar-refractivity contribution in [2.75, 3.05) is 7.11 Å². The van der Waals surface area contributed by atoms with Gasteiger partial charge in [0.25, 0.3) is 5.56 Å². The first kappa shape index (κ1) is 26.6. The number of hydrogen-bond acceptors (Lipinski definition) is 7. The fraction of sp³-hybridized carbons (Fsp3) is 0.185. The predicted molar refractivity (Wildman–Crippen MR) is 143 cm³/mol. The summed E-state index contributed by atoms with van der Waals surface area (Å²) in [7, 11) is 1.47. The van der Waals surface area contributed by atoms with Crippen molar-refractivity contribution in [3.8, 4) is 22.8 Å². The summed E-state index contributed by atoms with van der Waals surface area (Å²) < 4.78 is 52.9. The lowest BCUT2D eigenvalue weighted by Crippen LogP contribution is -2.28. The second-order valence-corrected chi connectivity index (χ2v) is 10.0. The second-order valence-electron chi connectivity index (χ2n) is 8.54. The van der Waals surface area contributed by atoms with Crippen molar-refractivity contribution >= 4 is 33.8 Å². The van der Waals surface area contributed by atoms with E-state index in [-0.39, 0.29) is 13.2 Å². The van der Waals surface area contributed by atoms with Gasteiger partial charge in [-0.1, -0.05) is 11.6 Å². The number of benzene rings is 1. The van der Waals surface area contributed by atoms with E-state index in [9.17, 15) is 18.0 Å². The molecule has 0 atom stereocenters. The highest BCUT2D eigenvalue weighted by Crippen LogP contribution is 2.36. The number of nitrogens with zero attached hydrogens (tertiary/aromatic N) is 4. The number of halogens is 4. The van der Waals surface area contributed by atoms with E-state index in [1.54, 1.807) is 17.6 Å². The van der Waals surface area contributed by atoms with Crippen LogP contribution in [0.3, 0.4) is 0 Å². The SMILES string of the molecule is COc1ccnc(Cn2cccc(C(F)(F)F)c2=O)c1COc1ccc2nc(C)cc(-c3ncsc3Cl)c2c1. The summed E-state index contributed by atoms with van der Waals surface area (Å²) in [6.07, 6.45) is -2.02. The number of aryl methyl sites for hydroxylation is 1. The first-order valence-electron chi connectivity index (χ1n) is 11.6. The molecule has 0 saturated carbocycles. The number of fused-ring (bicyclic) bond motifs is 1. The summed E-state index contributed by atoms with van der Waals surface area (Å²) >= 11 is 7.70. The van der Waals surface area contributed by atoms with E-state index >= 15 is 0 Å². The van der Waals surface area contributed by atoms with Crippen LogP contribution in [0.1, 0.15) is 22.5 Å². The molecule has 1 aromatic carbocycles. The van der Waals surface area contributed by atoms with Gasteiger partial charge in [-0.25, -0.2) is 4.98 Å². The Balaban J connectivity index is 1.48. The molecule has 0 N–H and O–H groups in total. The maximum absolute atomic E-state index is 13.3. The van der Waals surface area contributed by atoms with Crippen molar-refractivity contribution in [1.29, 1.82) is 0 Å². The van der Waals surface area contributed by atoms with Crippen molar-refractivity contribution in [3.63, 3.8) is 0 Å². The van der Waals surface area contributed by atoms with E-state index in [1.165, 1.54) is 36.9 Å². The topological polar surface area (TPSA) is 79.1 Å². The zero-order valence-electron chi connectivity index (χ0n) is 20.6. The van der Waals surface area contributed by atoms with Crippen LogP contribution in [0.25, 0.3) is 22.2 Å². The Bertz CT molecular complexity index is 1740. The fourth-order valence-corrected chi connectivity index (χ4v) is 5.02. The number of pyridine rings is 3. The molecule has 0 radical (unpaired) electrons. The van der Waals surface area contributed by atoms with Crippen LogP contribution in [0.2, 0.25) is 4.34 Å². The van der Waals surface area contributed by atoms with Gasteiger partial charge in [0.2, 0.25) is 0 Å². The minimum absolute atomic E-state index is 0.0162. The number of rotatable bonds is 7. The Hall–Kier alpha value is -3.96. The fourth-order valence-electron chi connectivity index (χ4n) is 4.22. The van der Waals surface area contributed by atoms with Crippen molar-refractivity contribution in [1.82, 2.24) is 19.5 Å². The maximum atomic E-state index is 13.3. The van der Waals surface area contributed by atoms with Gasteiger partial charge < -0.3 is 14.0 Å². The quantitative estimate of drug-likeness (QED) is 0.221. The first-order valence-corrected chi connectivity index (χ1v) is 12.8. The molecular formula is C27H20ClF3N4O3S. The number of aromatic nitrogens is 4. The van der Waals surface area contributed by atoms with Crippen LogP contribution in [0.15, 0.2) is 65.2 Å². The van der Waals surface area contributed by atoms with Gasteiger partial charge in [0.1, 0.15) is 33.7 Å². The Morgan fingerprint density at radius 2 is 1.95 bits per heavy atom. The molecule has 0 fully saturated rings. The van der Waals surface area contributed by atoms with E-state index in [4.69, 9.17) is 21.1 Å². The molecule has 39 heavy (non-hydrogen) atoms. The molecule has 5 rings (SSSR count). The van der Waals surface area contributed by atoms with E-state index in [2.05, 4.69) is 15.0 Å². The van der Waals surface area contributed by atoms with Gasteiger partial charge in [-0.15, -0.1) is 11.3 Å². The van der Waals surface area contributed by atoms with Crippen LogP contribution in [-0.2, 0) is 19.3 Å². The van der Waals surface area contributed by atoms with Gasteiger partial charge in [0.05, 0.1) is 35.9 Å². The Labute approximate surface area is 229 Å². The smallest absolute Gasteiger partial charge is 0.421 e. The van der Waals surface area contributed by atoms with Gasteiger partial charge >= 0.3 is 6.18 Å². The lowest BCUT2D eigenvalue weighted by atomic mass is 10.1. The average Bonchev–Trinajstić information content (AvgIpc) is 3.33. The number of alkyl halides is 3. The summed E-state index contributed by atoms with van der Waals surface area (Å²) in [5.74, 6) is 0.932. The minimum Gasteiger partial charge on any atom is -0.496 e. The van der Waals surface area contributed by atoms with Gasteiger partial charge in [0, 0.05) is 29.0 Å². The van der Waals surface area contributed by atoms with Crippen LogP contribution >= 0.6 is 22.9 Å². The van der Waals surface area contributed by atoms with Crippen molar-refractivity contribution in [2.45, 2.75) is 26.3 Å². The van der Waals surface area contributed by atoms with Crippen LogP contribution in [0.5, 0.6) is 11.5 Å². The monoisotopic (exact) mass is 572 g/mol. The molecule has 0 aliphatic carbocycles. The van der Waals surface area contributed by atoms with E-state index in [1.807, 2.05) is 25.1 Å². The highest BCUT2D eigenvalue weighted by Gasteiger charge is 2.34. The minimum atomic E-state index is -4.76.